The Hall–Kier alpha value is -0.310. The minimum Gasteiger partial charge on any atom is -0.307 e. The average Bonchev–Trinajstić information content (AvgIpc) is 2.15. The Morgan fingerprint density at radius 1 is 1.21 bits per heavy atom. The molecule has 84 valence electrons. The molecule has 0 unspecified atom stereocenters. The Morgan fingerprint density at radius 3 is 1.93 bits per heavy atom. The van der Waals surface area contributed by atoms with Crippen molar-refractivity contribution >= 4 is 7.59 Å². The third-order valence-corrected chi connectivity index (χ3v) is 5.42. The van der Waals surface area contributed by atoms with E-state index in [1.165, 1.54) is 0 Å². The molecule has 0 fully saturated rings. The fourth-order valence-electron chi connectivity index (χ4n) is 1.23. The predicted octanol–water partition coefficient (Wildman–Crippen LogP) is 2.07. The fourth-order valence-corrected chi connectivity index (χ4v) is 3.51. The Labute approximate surface area is 89.1 Å². The molecule has 0 heterocycles. The summed E-state index contributed by atoms with van der Waals surface area (Å²) in [6.45, 7) is 2.07. The number of nitrogens with zero attached hydrogens (tertiary/aromatic N) is 3. The van der Waals surface area contributed by atoms with Gasteiger partial charge in [0.25, 0.3) is 0 Å². The van der Waals surface area contributed by atoms with Crippen molar-refractivity contribution in [2.75, 3.05) is 35.2 Å². The molecule has 0 saturated heterocycles. The molecule has 0 radical (unpaired) electrons. The van der Waals surface area contributed by atoms with Crippen molar-refractivity contribution in [3.8, 4) is 0 Å². The first-order chi connectivity index (χ1) is 6.78. The monoisotopic (exact) mass is 220 g/mol. The largest absolute Gasteiger partial charge is 0.309 e. The van der Waals surface area contributed by atoms with Crippen LogP contribution in [0.15, 0.2) is 11.8 Å². The van der Waals surface area contributed by atoms with Crippen LogP contribution in [0.5, 0.6) is 0 Å². The predicted molar refractivity (Wildman–Crippen MR) is 62.2 cm³/mol. The van der Waals surface area contributed by atoms with E-state index in [0.717, 1.165) is 5.70 Å². The summed E-state index contributed by atoms with van der Waals surface area (Å²) < 4.78 is 25.0. The Balaban J connectivity index is 5.13. The van der Waals surface area contributed by atoms with Gasteiger partial charge in [-0.3, -0.25) is 4.57 Å². The summed E-state index contributed by atoms with van der Waals surface area (Å²) in [6.07, 6.45) is 1.75. The molecule has 0 amide bonds. The summed E-state index contributed by atoms with van der Waals surface area (Å²) in [6, 6.07) is 0. The molecule has 0 aliphatic carbocycles. The lowest BCUT2D eigenvalue weighted by molar-refractivity contribution is 0.386. The summed E-state index contributed by atoms with van der Waals surface area (Å²) in [5.74, 6) is 0. The maximum atomic E-state index is 12.7. The second kappa shape index (κ2) is 4.96. The van der Waals surface area contributed by atoms with Gasteiger partial charge in [-0.15, -0.1) is 0 Å². The smallest absolute Gasteiger partial charge is 0.307 e. The van der Waals surface area contributed by atoms with Gasteiger partial charge in [-0.05, 0) is 42.0 Å². The van der Waals surface area contributed by atoms with Crippen molar-refractivity contribution < 1.29 is 5.94 Å². The van der Waals surface area contributed by atoms with E-state index in [1.54, 1.807) is 55.3 Å². The molecule has 0 rings (SSSR count). The van der Waals surface area contributed by atoms with Crippen LogP contribution in [-0.2, 0) is 4.57 Å². The van der Waals surface area contributed by atoms with Crippen molar-refractivity contribution in [2.45, 2.75) is 13.8 Å². The molecule has 0 atom stereocenters. The van der Waals surface area contributed by atoms with Crippen LogP contribution in [0.2, 0.25) is 0 Å². The molecule has 0 spiro atoms. The molecule has 5 heteroatoms. The SMILES string of the molecule is [2H]C/C=C(/C)N(C)P(=O)(N(C)C)N(C)C. The van der Waals surface area contributed by atoms with Gasteiger partial charge in [0, 0.05) is 14.1 Å². The first kappa shape index (κ1) is 11.8. The summed E-state index contributed by atoms with van der Waals surface area (Å²) in [5.41, 5.74) is 0.857. The van der Waals surface area contributed by atoms with E-state index >= 15 is 0 Å². The van der Waals surface area contributed by atoms with Crippen molar-refractivity contribution in [1.29, 1.82) is 0 Å². The second-order valence-electron chi connectivity index (χ2n) is 3.58. The minimum absolute atomic E-state index is 0.205. The van der Waals surface area contributed by atoms with E-state index < -0.39 is 7.59 Å². The Kier molecular flexibility index (Phi) is 4.17. The highest BCUT2D eigenvalue weighted by atomic mass is 31.2. The van der Waals surface area contributed by atoms with Gasteiger partial charge in [0.05, 0.1) is 0 Å². The maximum Gasteiger partial charge on any atom is 0.309 e. The summed E-state index contributed by atoms with van der Waals surface area (Å²) in [7, 11) is 6.29. The third kappa shape index (κ3) is 2.38. The van der Waals surface area contributed by atoms with Crippen molar-refractivity contribution in [2.24, 2.45) is 0 Å². The fraction of sp³-hybridized carbons (Fsp3) is 0.778. The Morgan fingerprint density at radius 2 is 1.64 bits per heavy atom. The normalized spacial score (nSPS) is 14.9. The molecule has 0 aliphatic heterocycles. The minimum atomic E-state index is -2.69. The first-order valence-corrected chi connectivity index (χ1v) is 6.00. The molecular weight excluding hydrogens is 197 g/mol. The topological polar surface area (TPSA) is 26.8 Å². The van der Waals surface area contributed by atoms with Gasteiger partial charge in [0.2, 0.25) is 0 Å². The van der Waals surface area contributed by atoms with Gasteiger partial charge in [0.15, 0.2) is 0 Å². The van der Waals surface area contributed by atoms with Crippen molar-refractivity contribution in [3.63, 3.8) is 0 Å². The van der Waals surface area contributed by atoms with Crippen molar-refractivity contribution in [3.05, 3.63) is 11.8 Å². The number of rotatable bonds is 4. The van der Waals surface area contributed by atoms with Crippen LogP contribution < -0.4 is 0 Å². The van der Waals surface area contributed by atoms with Crippen LogP contribution in [0.1, 0.15) is 15.2 Å². The lowest BCUT2D eigenvalue weighted by Crippen LogP contribution is -2.31. The number of hydrogen-bond donors (Lipinski definition) is 0. The van der Waals surface area contributed by atoms with Crippen LogP contribution in [0.3, 0.4) is 0 Å². The van der Waals surface area contributed by atoms with E-state index in [0.29, 0.717) is 0 Å². The molecule has 0 aliphatic rings. The van der Waals surface area contributed by atoms with Crippen LogP contribution in [0, 0.1) is 0 Å². The molecule has 0 N–H and O–H groups in total. The zero-order valence-corrected chi connectivity index (χ0v) is 10.9. The highest BCUT2D eigenvalue weighted by Gasteiger charge is 2.33. The molecule has 0 bridgehead atoms. The van der Waals surface area contributed by atoms with E-state index in [1.807, 2.05) is 6.92 Å². The molecule has 0 aromatic rings. The van der Waals surface area contributed by atoms with Crippen LogP contribution in [0.25, 0.3) is 0 Å². The van der Waals surface area contributed by atoms with Gasteiger partial charge in [-0.1, -0.05) is 6.08 Å². The van der Waals surface area contributed by atoms with Gasteiger partial charge < -0.3 is 4.67 Å². The van der Waals surface area contributed by atoms with Crippen molar-refractivity contribution in [1.82, 2.24) is 14.0 Å². The van der Waals surface area contributed by atoms with Crippen LogP contribution in [-0.4, -0.2) is 49.2 Å². The molecular formula is C9H22N3OP. The summed E-state index contributed by atoms with van der Waals surface area (Å²) >= 11 is 0. The molecule has 14 heavy (non-hydrogen) atoms. The van der Waals surface area contributed by atoms with E-state index in [4.69, 9.17) is 1.37 Å². The quantitative estimate of drug-likeness (QED) is 0.678. The number of allylic oxidation sites excluding steroid dienone is 2. The zero-order valence-electron chi connectivity index (χ0n) is 11.0. The van der Waals surface area contributed by atoms with Gasteiger partial charge in [-0.25, -0.2) is 9.34 Å². The summed E-state index contributed by atoms with van der Waals surface area (Å²) in [5, 5.41) is 0. The van der Waals surface area contributed by atoms with E-state index in [9.17, 15) is 4.57 Å². The summed E-state index contributed by atoms with van der Waals surface area (Å²) in [4.78, 5) is 0. The second-order valence-corrected chi connectivity index (χ2v) is 6.80. The molecule has 0 aromatic carbocycles. The Bertz CT molecular complexity index is 267. The van der Waals surface area contributed by atoms with Crippen LogP contribution >= 0.6 is 7.59 Å². The van der Waals surface area contributed by atoms with E-state index in [-0.39, 0.29) is 6.90 Å². The number of hydrogen-bond acceptors (Lipinski definition) is 1. The van der Waals surface area contributed by atoms with Crippen LogP contribution in [0.4, 0.5) is 0 Å². The third-order valence-electron chi connectivity index (χ3n) is 2.24. The van der Waals surface area contributed by atoms with Gasteiger partial charge in [-0.2, -0.15) is 0 Å². The molecule has 4 nitrogen and oxygen atoms in total. The highest BCUT2D eigenvalue weighted by Crippen LogP contribution is 2.53. The van der Waals surface area contributed by atoms with Gasteiger partial charge in [0.1, 0.15) is 0 Å². The molecule has 0 saturated carbocycles. The van der Waals surface area contributed by atoms with E-state index in [2.05, 4.69) is 0 Å². The maximum absolute atomic E-state index is 12.7. The zero-order chi connectivity index (χ0) is 12.2. The highest BCUT2D eigenvalue weighted by molar-refractivity contribution is 7.56. The standard InChI is InChI=1S/C9H22N3OP/c1-8-9(2)12(7)14(13,10(3)4)11(5)6/h8H,1-7H3/b9-8-/i1D. The van der Waals surface area contributed by atoms with Gasteiger partial charge >= 0.3 is 7.59 Å². The lowest BCUT2D eigenvalue weighted by atomic mass is 10.5. The average molecular weight is 220 g/mol. The first-order valence-electron chi connectivity index (χ1n) is 5.15. The molecule has 0 aromatic heterocycles. The lowest BCUT2D eigenvalue weighted by Gasteiger charge is -2.38.